The van der Waals surface area contributed by atoms with E-state index in [1.165, 1.54) is 12.0 Å². The fraction of sp³-hybridized carbons (Fsp3) is 0.278. The van der Waals surface area contributed by atoms with Gasteiger partial charge in [0.05, 0.1) is 12.2 Å². The third-order valence-electron chi connectivity index (χ3n) is 3.97. The third kappa shape index (κ3) is 3.43. The number of para-hydroxylation sites is 1. The van der Waals surface area contributed by atoms with Crippen LogP contribution in [0.4, 0.5) is 5.69 Å². The van der Waals surface area contributed by atoms with Crippen molar-refractivity contribution < 1.29 is 4.79 Å². The van der Waals surface area contributed by atoms with Gasteiger partial charge in [-0.1, -0.05) is 55.0 Å². The number of rotatable bonds is 5. The summed E-state index contributed by atoms with van der Waals surface area (Å²) in [6.45, 7) is 0.670. The highest BCUT2D eigenvalue weighted by molar-refractivity contribution is 5.81. The Balaban J connectivity index is 1.75. The lowest BCUT2D eigenvalue weighted by Gasteiger charge is -2.30. The minimum atomic E-state index is 0.140. The van der Waals surface area contributed by atoms with Gasteiger partial charge in [0.25, 0.3) is 0 Å². The number of anilines is 1. The largest absolute Gasteiger partial charge is 0.281 e. The molecule has 0 radical (unpaired) electrons. The molecule has 108 valence electrons. The first kappa shape index (κ1) is 13.7. The summed E-state index contributed by atoms with van der Waals surface area (Å²) in [7, 11) is 0. The minimum absolute atomic E-state index is 0.140. The van der Waals surface area contributed by atoms with E-state index in [4.69, 9.17) is 0 Å². The zero-order valence-corrected chi connectivity index (χ0v) is 12.0. The molecule has 3 nitrogen and oxygen atoms in total. The van der Waals surface area contributed by atoms with Gasteiger partial charge in [-0.15, -0.1) is 0 Å². The van der Waals surface area contributed by atoms with Gasteiger partial charge >= 0.3 is 0 Å². The maximum Gasteiger partial charge on any atom is 0.241 e. The van der Waals surface area contributed by atoms with E-state index < -0.39 is 0 Å². The van der Waals surface area contributed by atoms with Crippen LogP contribution < -0.4 is 10.4 Å². The number of carbonyl (C=O) groups is 1. The van der Waals surface area contributed by atoms with Gasteiger partial charge in [0.15, 0.2) is 0 Å². The number of nitrogens with zero attached hydrogens (tertiary/aromatic N) is 1. The van der Waals surface area contributed by atoms with Crippen molar-refractivity contribution in [1.82, 2.24) is 5.43 Å². The molecule has 0 atom stereocenters. The van der Waals surface area contributed by atoms with Gasteiger partial charge < -0.3 is 0 Å². The summed E-state index contributed by atoms with van der Waals surface area (Å²) < 4.78 is 0. The Labute approximate surface area is 125 Å². The predicted octanol–water partition coefficient (Wildman–Crippen LogP) is 3.52. The Hall–Kier alpha value is -2.29. The first-order chi connectivity index (χ1) is 10.3. The molecule has 1 aliphatic carbocycles. The van der Waals surface area contributed by atoms with Gasteiger partial charge in [0.2, 0.25) is 5.91 Å². The van der Waals surface area contributed by atoms with Crippen LogP contribution in [0.5, 0.6) is 0 Å². The molecule has 3 rings (SSSR count). The van der Waals surface area contributed by atoms with Crippen molar-refractivity contribution in [2.75, 3.05) is 5.01 Å². The third-order valence-corrected chi connectivity index (χ3v) is 3.97. The number of carbonyl (C=O) groups excluding carboxylic acids is 1. The van der Waals surface area contributed by atoms with E-state index in [9.17, 15) is 4.79 Å². The molecule has 0 aromatic heterocycles. The number of hydrogen-bond donors (Lipinski definition) is 1. The van der Waals surface area contributed by atoms with Gasteiger partial charge in [-0.2, -0.15) is 0 Å². The normalized spacial score (nSPS) is 14.3. The summed E-state index contributed by atoms with van der Waals surface area (Å²) in [5.74, 6) is 0.327. The number of amides is 1. The minimum Gasteiger partial charge on any atom is -0.281 e. The average Bonchev–Trinajstić information content (AvgIpc) is 2.47. The Morgan fingerprint density at radius 1 is 1.00 bits per heavy atom. The SMILES string of the molecule is O=C(NN(Cc1ccccc1)c1ccccc1)C1CCC1. The van der Waals surface area contributed by atoms with E-state index in [2.05, 4.69) is 17.6 Å². The highest BCUT2D eigenvalue weighted by Crippen LogP contribution is 2.27. The van der Waals surface area contributed by atoms with Crippen LogP contribution in [0, 0.1) is 5.92 Å². The van der Waals surface area contributed by atoms with Crippen molar-refractivity contribution >= 4 is 11.6 Å². The molecule has 0 unspecified atom stereocenters. The second-order valence-electron chi connectivity index (χ2n) is 5.51. The van der Waals surface area contributed by atoms with Gasteiger partial charge in [0.1, 0.15) is 0 Å². The zero-order chi connectivity index (χ0) is 14.5. The summed E-state index contributed by atoms with van der Waals surface area (Å²) in [5.41, 5.74) is 5.26. The van der Waals surface area contributed by atoms with Crippen molar-refractivity contribution in [3.63, 3.8) is 0 Å². The number of benzene rings is 2. The first-order valence-electron chi connectivity index (χ1n) is 7.50. The van der Waals surface area contributed by atoms with Crippen LogP contribution in [-0.2, 0) is 11.3 Å². The van der Waals surface area contributed by atoms with E-state index in [-0.39, 0.29) is 11.8 Å². The van der Waals surface area contributed by atoms with Gasteiger partial charge in [-0.3, -0.25) is 15.2 Å². The van der Waals surface area contributed by atoms with E-state index >= 15 is 0 Å². The summed E-state index contributed by atoms with van der Waals surface area (Å²) >= 11 is 0. The van der Waals surface area contributed by atoms with Crippen molar-refractivity contribution in [2.24, 2.45) is 5.92 Å². The fourth-order valence-corrected chi connectivity index (χ4v) is 2.46. The molecule has 0 bridgehead atoms. The molecule has 1 amide bonds. The molecule has 0 saturated heterocycles. The Morgan fingerprint density at radius 3 is 2.19 bits per heavy atom. The van der Waals surface area contributed by atoms with Gasteiger partial charge in [-0.05, 0) is 30.5 Å². The average molecular weight is 280 g/mol. The lowest BCUT2D eigenvalue weighted by molar-refractivity contribution is -0.127. The molecule has 3 heteroatoms. The molecule has 1 aliphatic rings. The highest BCUT2D eigenvalue weighted by Gasteiger charge is 2.26. The van der Waals surface area contributed by atoms with Gasteiger partial charge in [0, 0.05) is 5.92 Å². The lowest BCUT2D eigenvalue weighted by atomic mass is 9.85. The summed E-state index contributed by atoms with van der Waals surface area (Å²) in [6, 6.07) is 20.2. The molecule has 2 aromatic carbocycles. The first-order valence-corrected chi connectivity index (χ1v) is 7.50. The standard InChI is InChI=1S/C18H20N2O/c21-18(16-10-7-11-16)19-20(17-12-5-2-6-13-17)14-15-8-3-1-4-9-15/h1-6,8-9,12-13,16H,7,10-11,14H2,(H,19,21). The van der Waals surface area contributed by atoms with Crippen LogP contribution >= 0.6 is 0 Å². The molecule has 0 aliphatic heterocycles. The summed E-state index contributed by atoms with van der Waals surface area (Å²) in [6.07, 6.45) is 3.20. The smallest absolute Gasteiger partial charge is 0.241 e. The number of nitrogens with one attached hydrogen (secondary N) is 1. The summed E-state index contributed by atoms with van der Waals surface area (Å²) in [5, 5.41) is 1.94. The van der Waals surface area contributed by atoms with E-state index in [0.717, 1.165) is 18.5 Å². The molecule has 1 saturated carbocycles. The predicted molar refractivity (Wildman–Crippen MR) is 84.6 cm³/mol. The second-order valence-corrected chi connectivity index (χ2v) is 5.51. The van der Waals surface area contributed by atoms with Crippen LogP contribution in [-0.4, -0.2) is 5.91 Å². The molecule has 0 heterocycles. The molecular weight excluding hydrogens is 260 g/mol. The Morgan fingerprint density at radius 2 is 1.62 bits per heavy atom. The molecule has 0 spiro atoms. The van der Waals surface area contributed by atoms with Crippen LogP contribution in [0.1, 0.15) is 24.8 Å². The number of hydrazine groups is 1. The maximum atomic E-state index is 12.2. The molecule has 1 N–H and O–H groups in total. The van der Waals surface area contributed by atoms with Gasteiger partial charge in [-0.25, -0.2) is 0 Å². The van der Waals surface area contributed by atoms with Crippen molar-refractivity contribution in [3.8, 4) is 0 Å². The molecule has 21 heavy (non-hydrogen) atoms. The topological polar surface area (TPSA) is 32.3 Å². The van der Waals surface area contributed by atoms with Crippen molar-refractivity contribution in [2.45, 2.75) is 25.8 Å². The second kappa shape index (κ2) is 6.44. The Kier molecular flexibility index (Phi) is 4.20. The monoisotopic (exact) mass is 280 g/mol. The number of hydrogen-bond acceptors (Lipinski definition) is 2. The van der Waals surface area contributed by atoms with Crippen LogP contribution in [0.15, 0.2) is 60.7 Å². The highest BCUT2D eigenvalue weighted by atomic mass is 16.2. The van der Waals surface area contributed by atoms with Crippen molar-refractivity contribution in [1.29, 1.82) is 0 Å². The quantitative estimate of drug-likeness (QED) is 0.850. The zero-order valence-electron chi connectivity index (χ0n) is 12.0. The van der Waals surface area contributed by atoms with E-state index in [0.29, 0.717) is 6.54 Å². The molecule has 1 fully saturated rings. The molecule has 2 aromatic rings. The Bertz CT molecular complexity index is 579. The summed E-state index contributed by atoms with van der Waals surface area (Å²) in [4.78, 5) is 12.2. The fourth-order valence-electron chi connectivity index (χ4n) is 2.46. The van der Waals surface area contributed by atoms with Crippen LogP contribution in [0.3, 0.4) is 0 Å². The van der Waals surface area contributed by atoms with Crippen molar-refractivity contribution in [3.05, 3.63) is 66.2 Å². The maximum absolute atomic E-state index is 12.2. The lowest BCUT2D eigenvalue weighted by Crippen LogP contribution is -2.46. The van der Waals surface area contributed by atoms with E-state index in [1.807, 2.05) is 53.5 Å². The molecular formula is C18H20N2O. The van der Waals surface area contributed by atoms with E-state index in [1.54, 1.807) is 0 Å². The van der Waals surface area contributed by atoms with Crippen LogP contribution in [0.2, 0.25) is 0 Å². The van der Waals surface area contributed by atoms with Crippen LogP contribution in [0.25, 0.3) is 0 Å².